The molecule has 0 aliphatic rings. The summed E-state index contributed by atoms with van der Waals surface area (Å²) in [5.74, 6) is -1.37. The molecule has 2 heterocycles. The van der Waals surface area contributed by atoms with E-state index in [0.717, 1.165) is 0 Å². The van der Waals surface area contributed by atoms with Gasteiger partial charge in [-0.15, -0.1) is 0 Å². The maximum Gasteiger partial charge on any atom is 0.224 e. The Labute approximate surface area is 105 Å². The van der Waals surface area contributed by atoms with Crippen LogP contribution in [0.3, 0.4) is 0 Å². The van der Waals surface area contributed by atoms with Gasteiger partial charge in [-0.2, -0.15) is 10.1 Å². The molecule has 3 rings (SSSR count). The molecule has 0 amide bonds. The number of halogens is 3. The van der Waals surface area contributed by atoms with E-state index >= 15 is 0 Å². The molecule has 3 aromatic rings. The van der Waals surface area contributed by atoms with Gasteiger partial charge in [-0.25, -0.2) is 13.8 Å². The molecule has 18 heavy (non-hydrogen) atoms. The van der Waals surface area contributed by atoms with Crippen molar-refractivity contribution in [3.05, 3.63) is 41.3 Å². The van der Waals surface area contributed by atoms with E-state index in [4.69, 9.17) is 11.6 Å². The van der Waals surface area contributed by atoms with Crippen LogP contribution in [-0.4, -0.2) is 20.2 Å². The molecule has 0 atom stereocenters. The van der Waals surface area contributed by atoms with Crippen molar-refractivity contribution in [3.8, 4) is 11.3 Å². The number of H-pyrrole nitrogens is 1. The number of rotatable bonds is 1. The molecule has 0 aliphatic carbocycles. The first-order valence-corrected chi connectivity index (χ1v) is 5.35. The highest BCUT2D eigenvalue weighted by Gasteiger charge is 2.17. The van der Waals surface area contributed by atoms with Crippen LogP contribution in [-0.2, 0) is 0 Å². The molecule has 1 aromatic carbocycles. The minimum absolute atomic E-state index is 0.0227. The standard InChI is InChI=1S/C11H5ClF2N4/c12-11-15-4-5-9(17-18-10(5)16-11)8-6(13)2-1-3-7(8)14/h1-4H,(H,15,16,17,18). The molecule has 0 saturated heterocycles. The summed E-state index contributed by atoms with van der Waals surface area (Å²) in [5, 5.41) is 6.82. The second-order valence-electron chi connectivity index (χ2n) is 3.57. The van der Waals surface area contributed by atoms with Crippen molar-refractivity contribution < 1.29 is 8.78 Å². The fourth-order valence-corrected chi connectivity index (χ4v) is 1.84. The molecule has 0 spiro atoms. The van der Waals surface area contributed by atoms with E-state index in [1.165, 1.54) is 24.4 Å². The molecule has 0 fully saturated rings. The molecule has 1 N–H and O–H groups in total. The van der Waals surface area contributed by atoms with E-state index in [1.54, 1.807) is 0 Å². The topological polar surface area (TPSA) is 54.5 Å². The first kappa shape index (κ1) is 11.0. The Bertz CT molecular complexity index is 721. The van der Waals surface area contributed by atoms with Crippen LogP contribution in [0.25, 0.3) is 22.3 Å². The van der Waals surface area contributed by atoms with E-state index in [1.807, 2.05) is 0 Å². The maximum atomic E-state index is 13.7. The zero-order valence-electron chi connectivity index (χ0n) is 8.78. The van der Waals surface area contributed by atoms with Gasteiger partial charge in [0.2, 0.25) is 5.28 Å². The maximum absolute atomic E-state index is 13.7. The van der Waals surface area contributed by atoms with Crippen LogP contribution in [0.1, 0.15) is 0 Å². The summed E-state index contributed by atoms with van der Waals surface area (Å²) in [5.41, 5.74) is 0.260. The summed E-state index contributed by atoms with van der Waals surface area (Å²) in [7, 11) is 0. The Morgan fingerprint density at radius 1 is 1.17 bits per heavy atom. The third-order valence-electron chi connectivity index (χ3n) is 2.49. The van der Waals surface area contributed by atoms with Gasteiger partial charge in [0.05, 0.1) is 16.6 Å². The molecule has 0 bridgehead atoms. The van der Waals surface area contributed by atoms with Crippen molar-refractivity contribution in [2.75, 3.05) is 0 Å². The van der Waals surface area contributed by atoms with Crippen molar-refractivity contribution >= 4 is 22.6 Å². The van der Waals surface area contributed by atoms with E-state index in [9.17, 15) is 8.78 Å². The predicted octanol–water partition coefficient (Wildman–Crippen LogP) is 2.95. The second-order valence-corrected chi connectivity index (χ2v) is 3.91. The zero-order valence-corrected chi connectivity index (χ0v) is 9.54. The van der Waals surface area contributed by atoms with Gasteiger partial charge in [0, 0.05) is 6.20 Å². The first-order valence-electron chi connectivity index (χ1n) is 4.98. The second kappa shape index (κ2) is 3.99. The SMILES string of the molecule is Fc1cccc(F)c1-c1[nH]nc2nc(Cl)ncc12. The van der Waals surface area contributed by atoms with Crippen molar-refractivity contribution in [1.29, 1.82) is 0 Å². The molecule has 0 radical (unpaired) electrons. The van der Waals surface area contributed by atoms with Crippen molar-refractivity contribution in [3.63, 3.8) is 0 Å². The van der Waals surface area contributed by atoms with Crippen molar-refractivity contribution in [2.24, 2.45) is 0 Å². The number of nitrogens with one attached hydrogen (secondary N) is 1. The zero-order chi connectivity index (χ0) is 12.7. The molecule has 0 aliphatic heterocycles. The fraction of sp³-hybridized carbons (Fsp3) is 0. The highest BCUT2D eigenvalue weighted by atomic mass is 35.5. The molecular formula is C11H5ClF2N4. The van der Waals surface area contributed by atoms with Crippen LogP contribution in [0, 0.1) is 11.6 Å². The van der Waals surface area contributed by atoms with E-state index in [0.29, 0.717) is 5.39 Å². The van der Waals surface area contributed by atoms with Gasteiger partial charge >= 0.3 is 0 Å². The number of nitrogens with zero attached hydrogens (tertiary/aromatic N) is 3. The monoisotopic (exact) mass is 266 g/mol. The van der Waals surface area contributed by atoms with Gasteiger partial charge in [0.25, 0.3) is 0 Å². The first-order chi connectivity index (χ1) is 8.66. The summed E-state index contributed by atoms with van der Waals surface area (Å²) in [6.07, 6.45) is 1.37. The highest BCUT2D eigenvalue weighted by molar-refractivity contribution is 6.28. The summed E-state index contributed by atoms with van der Waals surface area (Å²) >= 11 is 5.61. The summed E-state index contributed by atoms with van der Waals surface area (Å²) in [4.78, 5) is 7.62. The van der Waals surface area contributed by atoms with Crippen molar-refractivity contribution in [1.82, 2.24) is 20.2 Å². The largest absolute Gasteiger partial charge is 0.275 e. The number of fused-ring (bicyclic) bond motifs is 1. The number of hydrogen-bond acceptors (Lipinski definition) is 3. The summed E-state index contributed by atoms with van der Waals surface area (Å²) < 4.78 is 27.3. The average molecular weight is 267 g/mol. The van der Waals surface area contributed by atoms with Gasteiger partial charge < -0.3 is 0 Å². The van der Waals surface area contributed by atoms with E-state index < -0.39 is 11.6 Å². The molecule has 2 aromatic heterocycles. The minimum Gasteiger partial charge on any atom is -0.275 e. The van der Waals surface area contributed by atoms with Gasteiger partial charge in [-0.3, -0.25) is 5.10 Å². The lowest BCUT2D eigenvalue weighted by molar-refractivity contribution is 0.589. The van der Waals surface area contributed by atoms with E-state index in [2.05, 4.69) is 20.2 Å². The molecular weight excluding hydrogens is 262 g/mol. The number of aromatic amines is 1. The molecule has 0 unspecified atom stereocenters. The number of benzene rings is 1. The Kier molecular flexibility index (Phi) is 2.45. The van der Waals surface area contributed by atoms with Crippen LogP contribution in [0.15, 0.2) is 24.4 Å². The highest BCUT2D eigenvalue weighted by Crippen LogP contribution is 2.29. The van der Waals surface area contributed by atoms with Gasteiger partial charge in [0.1, 0.15) is 11.6 Å². The van der Waals surface area contributed by atoms with Crippen LogP contribution in [0.4, 0.5) is 8.78 Å². The smallest absolute Gasteiger partial charge is 0.224 e. The van der Waals surface area contributed by atoms with Crippen LogP contribution < -0.4 is 0 Å². The molecule has 4 nitrogen and oxygen atoms in total. The molecule has 7 heteroatoms. The fourth-order valence-electron chi connectivity index (χ4n) is 1.71. The lowest BCUT2D eigenvalue weighted by Crippen LogP contribution is -1.90. The third-order valence-corrected chi connectivity index (χ3v) is 2.68. The van der Waals surface area contributed by atoms with Crippen LogP contribution in [0.2, 0.25) is 5.28 Å². The summed E-state index contributed by atoms with van der Waals surface area (Å²) in [6.45, 7) is 0. The Hall–Kier alpha value is -2.08. The minimum atomic E-state index is -0.685. The quantitative estimate of drug-likeness (QED) is 0.689. The van der Waals surface area contributed by atoms with E-state index in [-0.39, 0.29) is 22.2 Å². The van der Waals surface area contributed by atoms with Crippen molar-refractivity contribution in [2.45, 2.75) is 0 Å². The number of aromatic nitrogens is 4. The van der Waals surface area contributed by atoms with Crippen LogP contribution >= 0.6 is 11.6 Å². The summed E-state index contributed by atoms with van der Waals surface area (Å²) in [6, 6.07) is 3.63. The number of hydrogen-bond donors (Lipinski definition) is 1. The van der Waals surface area contributed by atoms with Gasteiger partial charge in [0.15, 0.2) is 5.65 Å². The Balaban J connectivity index is 2.32. The Morgan fingerprint density at radius 2 is 1.89 bits per heavy atom. The average Bonchev–Trinajstić information content (AvgIpc) is 2.72. The predicted molar refractivity (Wildman–Crippen MR) is 62.0 cm³/mol. The van der Waals surface area contributed by atoms with Gasteiger partial charge in [-0.1, -0.05) is 6.07 Å². The lowest BCUT2D eigenvalue weighted by Gasteiger charge is -2.02. The third kappa shape index (κ3) is 1.62. The van der Waals surface area contributed by atoms with Crippen LogP contribution in [0.5, 0.6) is 0 Å². The molecule has 0 saturated carbocycles. The lowest BCUT2D eigenvalue weighted by atomic mass is 10.1. The van der Waals surface area contributed by atoms with Gasteiger partial charge in [-0.05, 0) is 23.7 Å². The molecule has 90 valence electrons. The normalized spacial score (nSPS) is 11.1. The Morgan fingerprint density at radius 3 is 2.61 bits per heavy atom.